The number of nitriles is 1. The van der Waals surface area contributed by atoms with Crippen molar-refractivity contribution in [1.29, 1.82) is 5.26 Å². The Hall–Kier alpha value is -2.88. The van der Waals surface area contributed by atoms with Gasteiger partial charge in [-0.1, -0.05) is 12.1 Å². The van der Waals surface area contributed by atoms with E-state index in [0.717, 1.165) is 22.7 Å². The molecule has 6 heteroatoms. The highest BCUT2D eigenvalue weighted by Crippen LogP contribution is 2.18. The van der Waals surface area contributed by atoms with E-state index in [2.05, 4.69) is 16.4 Å². The summed E-state index contributed by atoms with van der Waals surface area (Å²) >= 11 is 0. The predicted octanol–water partition coefficient (Wildman–Crippen LogP) is 2.04. The Balaban J connectivity index is 1.65. The molecule has 122 valence electrons. The van der Waals surface area contributed by atoms with Crippen LogP contribution in [0.4, 0.5) is 0 Å². The quantitative estimate of drug-likeness (QED) is 0.726. The zero-order valence-corrected chi connectivity index (χ0v) is 13.3. The zero-order valence-electron chi connectivity index (χ0n) is 13.3. The highest BCUT2D eigenvalue weighted by Gasteiger charge is 2.09. The number of fused-ring (bicyclic) bond motifs is 1. The van der Waals surface area contributed by atoms with Crippen LogP contribution in [0.1, 0.15) is 22.9 Å². The van der Waals surface area contributed by atoms with Crippen LogP contribution in [0.5, 0.6) is 5.75 Å². The summed E-state index contributed by atoms with van der Waals surface area (Å²) in [5, 5.41) is 22.5. The van der Waals surface area contributed by atoms with E-state index in [1.807, 2.05) is 34.7 Å². The molecule has 2 heterocycles. The Morgan fingerprint density at radius 2 is 2.25 bits per heavy atom. The molecule has 6 nitrogen and oxygen atoms in total. The minimum Gasteiger partial charge on any atom is -0.497 e. The Morgan fingerprint density at radius 3 is 3.04 bits per heavy atom. The smallest absolute Gasteiger partial charge is 0.137 e. The second-order valence-electron chi connectivity index (χ2n) is 5.43. The molecule has 0 aliphatic carbocycles. The fourth-order valence-electron chi connectivity index (χ4n) is 2.53. The van der Waals surface area contributed by atoms with Crippen LogP contribution in [0.2, 0.25) is 0 Å². The summed E-state index contributed by atoms with van der Waals surface area (Å²) < 4.78 is 7.05. The molecule has 3 aromatic rings. The van der Waals surface area contributed by atoms with Gasteiger partial charge in [0.05, 0.1) is 30.7 Å². The van der Waals surface area contributed by atoms with Gasteiger partial charge in [-0.2, -0.15) is 5.26 Å². The molecule has 0 aliphatic rings. The first-order chi connectivity index (χ1) is 11.7. The number of methoxy groups -OCH3 is 1. The monoisotopic (exact) mass is 322 g/mol. The second kappa shape index (κ2) is 7.13. The van der Waals surface area contributed by atoms with Gasteiger partial charge in [0.25, 0.3) is 0 Å². The number of rotatable bonds is 6. The Kier molecular flexibility index (Phi) is 4.75. The second-order valence-corrected chi connectivity index (χ2v) is 5.43. The van der Waals surface area contributed by atoms with Gasteiger partial charge in [-0.05, 0) is 29.8 Å². The summed E-state index contributed by atoms with van der Waals surface area (Å²) in [7, 11) is 1.60. The molecule has 0 saturated carbocycles. The van der Waals surface area contributed by atoms with Crippen molar-refractivity contribution in [1.82, 2.24) is 14.7 Å². The molecule has 1 atom stereocenters. The number of benzene rings is 1. The maximum atomic E-state index is 10.3. The summed E-state index contributed by atoms with van der Waals surface area (Å²) in [6.07, 6.45) is 2.90. The third kappa shape index (κ3) is 3.38. The van der Waals surface area contributed by atoms with E-state index in [4.69, 9.17) is 10.00 Å². The van der Waals surface area contributed by atoms with Crippen molar-refractivity contribution in [2.75, 3.05) is 13.7 Å². The van der Waals surface area contributed by atoms with E-state index in [1.54, 1.807) is 25.6 Å². The molecule has 1 unspecified atom stereocenters. The summed E-state index contributed by atoms with van der Waals surface area (Å²) in [6, 6.07) is 13.1. The summed E-state index contributed by atoms with van der Waals surface area (Å²) in [6.45, 7) is 0.940. The highest BCUT2D eigenvalue weighted by molar-refractivity contribution is 5.44. The number of nitrogens with zero attached hydrogens (tertiary/aromatic N) is 3. The number of aliphatic hydroxyl groups excluding tert-OH is 1. The molecule has 0 fully saturated rings. The number of ether oxygens (including phenoxy) is 1. The minimum atomic E-state index is -0.631. The lowest BCUT2D eigenvalue weighted by molar-refractivity contribution is 0.174. The Morgan fingerprint density at radius 1 is 1.38 bits per heavy atom. The number of hydrogen-bond acceptors (Lipinski definition) is 5. The lowest BCUT2D eigenvalue weighted by atomic mass is 10.1. The van der Waals surface area contributed by atoms with Crippen LogP contribution in [-0.2, 0) is 6.54 Å². The summed E-state index contributed by atoms with van der Waals surface area (Å²) in [5.74, 6) is 0.720. The topological polar surface area (TPSA) is 82.6 Å². The molecular weight excluding hydrogens is 304 g/mol. The van der Waals surface area contributed by atoms with Crippen LogP contribution in [0.3, 0.4) is 0 Å². The SMILES string of the molecule is COc1cccc(C(O)CNCc2cnc3ccc(C#N)cn23)c1. The summed E-state index contributed by atoms with van der Waals surface area (Å²) in [4.78, 5) is 4.31. The fraction of sp³-hybridized carbons (Fsp3) is 0.222. The maximum Gasteiger partial charge on any atom is 0.137 e. The van der Waals surface area contributed by atoms with Crippen LogP contribution in [-0.4, -0.2) is 28.1 Å². The van der Waals surface area contributed by atoms with Gasteiger partial charge < -0.3 is 19.6 Å². The standard InChI is InChI=1S/C18H18N4O2/c1-24-16-4-2-3-14(7-16)17(23)11-20-9-15-10-21-18-6-5-13(8-19)12-22(15)18/h2-7,10,12,17,20,23H,9,11H2,1H3. The molecule has 0 radical (unpaired) electrons. The Labute approximate surface area is 140 Å². The van der Waals surface area contributed by atoms with Crippen molar-refractivity contribution in [3.8, 4) is 11.8 Å². The van der Waals surface area contributed by atoms with Crippen LogP contribution >= 0.6 is 0 Å². The molecule has 1 aromatic carbocycles. The van der Waals surface area contributed by atoms with Crippen molar-refractivity contribution in [2.24, 2.45) is 0 Å². The van der Waals surface area contributed by atoms with Crippen molar-refractivity contribution >= 4 is 5.65 Å². The van der Waals surface area contributed by atoms with E-state index in [-0.39, 0.29) is 0 Å². The summed E-state index contributed by atoms with van der Waals surface area (Å²) in [5.41, 5.74) is 3.10. The first-order valence-electron chi connectivity index (χ1n) is 7.60. The third-order valence-corrected chi connectivity index (χ3v) is 3.83. The van der Waals surface area contributed by atoms with Crippen LogP contribution < -0.4 is 10.1 Å². The number of imidazole rings is 1. The molecule has 0 saturated heterocycles. The first-order valence-corrected chi connectivity index (χ1v) is 7.60. The van der Waals surface area contributed by atoms with Gasteiger partial charge in [-0.25, -0.2) is 4.98 Å². The average Bonchev–Trinajstić information content (AvgIpc) is 3.03. The number of pyridine rings is 1. The molecular formula is C18H18N4O2. The van der Waals surface area contributed by atoms with E-state index < -0.39 is 6.10 Å². The van der Waals surface area contributed by atoms with Crippen LogP contribution in [0.15, 0.2) is 48.8 Å². The molecule has 2 N–H and O–H groups in total. The fourth-order valence-corrected chi connectivity index (χ4v) is 2.53. The van der Waals surface area contributed by atoms with Gasteiger partial charge in [-0.3, -0.25) is 0 Å². The predicted molar refractivity (Wildman–Crippen MR) is 89.6 cm³/mol. The van der Waals surface area contributed by atoms with Gasteiger partial charge in [0.1, 0.15) is 17.5 Å². The largest absolute Gasteiger partial charge is 0.497 e. The molecule has 0 bridgehead atoms. The van der Waals surface area contributed by atoms with Crippen molar-refractivity contribution in [3.63, 3.8) is 0 Å². The zero-order chi connectivity index (χ0) is 16.9. The van der Waals surface area contributed by atoms with E-state index >= 15 is 0 Å². The van der Waals surface area contributed by atoms with Crippen molar-refractivity contribution in [3.05, 3.63) is 65.6 Å². The van der Waals surface area contributed by atoms with Crippen LogP contribution in [0.25, 0.3) is 5.65 Å². The van der Waals surface area contributed by atoms with Crippen LogP contribution in [0, 0.1) is 11.3 Å². The lowest BCUT2D eigenvalue weighted by Gasteiger charge is -2.13. The lowest BCUT2D eigenvalue weighted by Crippen LogP contribution is -2.21. The Bertz CT molecular complexity index is 882. The molecule has 0 aliphatic heterocycles. The van der Waals surface area contributed by atoms with Crippen molar-refractivity contribution in [2.45, 2.75) is 12.6 Å². The molecule has 3 rings (SSSR count). The number of aliphatic hydroxyl groups is 1. The number of nitrogens with one attached hydrogen (secondary N) is 1. The number of hydrogen-bond donors (Lipinski definition) is 2. The van der Waals surface area contributed by atoms with Gasteiger partial charge in [-0.15, -0.1) is 0 Å². The normalized spacial score (nSPS) is 12.0. The molecule has 0 amide bonds. The minimum absolute atomic E-state index is 0.401. The van der Waals surface area contributed by atoms with Gasteiger partial charge in [0.2, 0.25) is 0 Å². The van der Waals surface area contributed by atoms with E-state index in [9.17, 15) is 5.11 Å². The van der Waals surface area contributed by atoms with E-state index in [1.165, 1.54) is 0 Å². The van der Waals surface area contributed by atoms with E-state index in [0.29, 0.717) is 18.7 Å². The van der Waals surface area contributed by atoms with Gasteiger partial charge in [0, 0.05) is 19.3 Å². The molecule has 2 aromatic heterocycles. The molecule has 24 heavy (non-hydrogen) atoms. The van der Waals surface area contributed by atoms with Crippen molar-refractivity contribution < 1.29 is 9.84 Å². The van der Waals surface area contributed by atoms with Gasteiger partial charge >= 0.3 is 0 Å². The highest BCUT2D eigenvalue weighted by atomic mass is 16.5. The average molecular weight is 322 g/mol. The molecule has 0 spiro atoms. The number of aromatic nitrogens is 2. The third-order valence-electron chi connectivity index (χ3n) is 3.83. The first kappa shape index (κ1) is 16.0. The maximum absolute atomic E-state index is 10.3. The van der Waals surface area contributed by atoms with Gasteiger partial charge in [0.15, 0.2) is 0 Å².